The summed E-state index contributed by atoms with van der Waals surface area (Å²) >= 11 is 1.09. The van der Waals surface area contributed by atoms with E-state index < -0.39 is 9.99 Å². The molecule has 0 aromatic heterocycles. The molecule has 2 aliphatic rings. The third-order valence-electron chi connectivity index (χ3n) is 6.40. The van der Waals surface area contributed by atoms with E-state index in [-0.39, 0.29) is 12.5 Å². The maximum absolute atomic E-state index is 14.2. The van der Waals surface area contributed by atoms with Crippen LogP contribution >= 0.6 is 11.8 Å². The van der Waals surface area contributed by atoms with Crippen molar-refractivity contribution in [1.82, 2.24) is 4.90 Å². The molecule has 0 spiro atoms. The summed E-state index contributed by atoms with van der Waals surface area (Å²) in [5, 5.41) is 15.0. The van der Waals surface area contributed by atoms with Gasteiger partial charge in [-0.05, 0) is 43.0 Å². The summed E-state index contributed by atoms with van der Waals surface area (Å²) < 4.78 is 0. The van der Waals surface area contributed by atoms with Crippen LogP contribution in [0.25, 0.3) is 0 Å². The lowest BCUT2D eigenvalue weighted by molar-refractivity contribution is -0.156. The number of carbonyl (C=O) groups excluding carboxylic acids is 1. The Bertz CT molecular complexity index is 1150. The topological polar surface area (TPSA) is 62.1 Å². The van der Waals surface area contributed by atoms with Crippen LogP contribution in [0.4, 0.5) is 0 Å². The first-order valence-corrected chi connectivity index (χ1v) is 12.6. The first-order valence-electron chi connectivity index (χ1n) is 11.8. The van der Waals surface area contributed by atoms with Gasteiger partial charge in [0.05, 0.1) is 5.71 Å². The highest BCUT2D eigenvalue weighted by atomic mass is 32.2. The fourth-order valence-corrected chi connectivity index (χ4v) is 6.00. The molecule has 5 nitrogen and oxygen atoms in total. The van der Waals surface area contributed by atoms with E-state index in [1.165, 1.54) is 11.3 Å². The van der Waals surface area contributed by atoms with Crippen LogP contribution in [0.5, 0.6) is 0 Å². The summed E-state index contributed by atoms with van der Waals surface area (Å²) in [6.07, 6.45) is 5.10. The third kappa shape index (κ3) is 4.24. The predicted octanol–water partition coefficient (Wildman–Crippen LogP) is 5.75. The smallest absolute Gasteiger partial charge is 0.290 e. The van der Waals surface area contributed by atoms with Gasteiger partial charge in [0, 0.05) is 17.7 Å². The van der Waals surface area contributed by atoms with E-state index in [9.17, 15) is 9.90 Å². The van der Waals surface area contributed by atoms with Crippen molar-refractivity contribution in [3.63, 3.8) is 0 Å². The lowest BCUT2D eigenvalue weighted by Gasteiger charge is -2.32. The first kappa shape index (κ1) is 22.7. The Kier molecular flexibility index (Phi) is 6.44. The van der Waals surface area contributed by atoms with Gasteiger partial charge in [0.2, 0.25) is 5.06 Å². The molecule has 0 unspecified atom stereocenters. The lowest BCUT2D eigenvalue weighted by Crippen LogP contribution is -2.43. The Morgan fingerprint density at radius 2 is 1.38 bits per heavy atom. The molecule has 0 radical (unpaired) electrons. The zero-order valence-corrected chi connectivity index (χ0v) is 19.8. The molecule has 1 N–H and O–H groups in total. The van der Waals surface area contributed by atoms with Gasteiger partial charge in [-0.2, -0.15) is 0 Å². The zero-order valence-electron chi connectivity index (χ0n) is 19.0. The van der Waals surface area contributed by atoms with Gasteiger partial charge >= 0.3 is 0 Å². The normalized spacial score (nSPS) is 24.8. The van der Waals surface area contributed by atoms with Gasteiger partial charge in [-0.25, -0.2) is 0 Å². The molecule has 5 rings (SSSR count). The average molecular weight is 473 g/mol. The number of nitrogens with zero attached hydrogens (tertiary/aromatic N) is 2. The van der Waals surface area contributed by atoms with Crippen LogP contribution in [0.3, 0.4) is 0 Å². The number of aliphatic hydroxyl groups is 1. The van der Waals surface area contributed by atoms with Gasteiger partial charge in [0.25, 0.3) is 10.8 Å². The number of hydrogen-bond acceptors (Lipinski definition) is 5. The van der Waals surface area contributed by atoms with Crippen LogP contribution in [0.1, 0.15) is 48.8 Å². The summed E-state index contributed by atoms with van der Waals surface area (Å²) in [5.41, 5.74) is 3.18. The van der Waals surface area contributed by atoms with Crippen LogP contribution in [0.2, 0.25) is 0 Å². The number of thioether (sulfide) groups is 1. The van der Waals surface area contributed by atoms with E-state index in [4.69, 9.17) is 4.84 Å². The average Bonchev–Trinajstić information content (AvgIpc) is 3.13. The molecular weight excluding hydrogens is 444 g/mol. The van der Waals surface area contributed by atoms with E-state index in [1.807, 2.05) is 91.0 Å². The maximum atomic E-state index is 14.2. The molecule has 1 aliphatic heterocycles. The Morgan fingerprint density at radius 1 is 0.824 bits per heavy atom. The van der Waals surface area contributed by atoms with Gasteiger partial charge in [0.1, 0.15) is 0 Å². The summed E-state index contributed by atoms with van der Waals surface area (Å²) in [6, 6.07) is 28.4. The molecule has 3 aromatic carbocycles. The summed E-state index contributed by atoms with van der Waals surface area (Å²) in [4.78, 5) is 20.5. The van der Waals surface area contributed by atoms with Gasteiger partial charge in [0.15, 0.2) is 0 Å². The maximum Gasteiger partial charge on any atom is 0.290 e. The SMILES string of the molecule is O=C1N(Cc2ccccc2)[C@](O)(c2ccccc2)S[C@@]1(ON=C1CCCCC1)c1ccccc1. The quantitative estimate of drug-likeness (QED) is 0.464. The molecule has 2 fully saturated rings. The Hall–Kier alpha value is -3.09. The van der Waals surface area contributed by atoms with Crippen molar-refractivity contribution in [2.24, 2.45) is 5.16 Å². The molecule has 1 saturated carbocycles. The minimum absolute atomic E-state index is 0.243. The number of rotatable bonds is 6. The minimum atomic E-state index is -1.63. The highest BCUT2D eigenvalue weighted by Crippen LogP contribution is 2.58. The number of amides is 1. The third-order valence-corrected chi connectivity index (χ3v) is 7.91. The van der Waals surface area contributed by atoms with E-state index in [0.717, 1.165) is 48.7 Å². The second kappa shape index (κ2) is 9.65. The highest BCUT2D eigenvalue weighted by Gasteiger charge is 2.64. The van der Waals surface area contributed by atoms with Crippen molar-refractivity contribution in [1.29, 1.82) is 0 Å². The van der Waals surface area contributed by atoms with Gasteiger partial charge in [-0.1, -0.05) is 103 Å². The van der Waals surface area contributed by atoms with Gasteiger partial charge in [-0.15, -0.1) is 0 Å². The predicted molar refractivity (Wildman–Crippen MR) is 135 cm³/mol. The van der Waals surface area contributed by atoms with Crippen molar-refractivity contribution in [3.8, 4) is 0 Å². The first-order chi connectivity index (χ1) is 16.6. The van der Waals surface area contributed by atoms with E-state index >= 15 is 0 Å². The largest absolute Gasteiger partial charge is 0.363 e. The molecule has 2 atom stereocenters. The number of benzene rings is 3. The number of hydrogen-bond donors (Lipinski definition) is 1. The number of carbonyl (C=O) groups is 1. The van der Waals surface area contributed by atoms with E-state index in [2.05, 4.69) is 5.16 Å². The molecule has 6 heteroatoms. The van der Waals surface area contributed by atoms with Crippen molar-refractivity contribution in [2.45, 2.75) is 48.6 Å². The molecule has 0 bridgehead atoms. The molecule has 174 valence electrons. The van der Waals surface area contributed by atoms with Crippen molar-refractivity contribution in [2.75, 3.05) is 0 Å². The van der Waals surface area contributed by atoms with Crippen LogP contribution in [-0.2, 0) is 26.2 Å². The Balaban J connectivity index is 1.61. The van der Waals surface area contributed by atoms with Crippen molar-refractivity contribution >= 4 is 23.4 Å². The second-order valence-corrected chi connectivity index (χ2v) is 10.1. The Labute approximate surface area is 204 Å². The van der Waals surface area contributed by atoms with Crippen LogP contribution in [-0.4, -0.2) is 21.6 Å². The number of oxime groups is 1. The standard InChI is InChI=1S/C28H28N2O3S/c31-26-27(23-15-7-2-8-16-23,33-29-25-19-11-4-12-20-25)34-28(32,24-17-9-3-10-18-24)30(26)21-22-13-5-1-6-14-22/h1-3,5-10,13-18,32H,4,11-12,19-21H2/t27-,28-/m0/s1. The summed E-state index contributed by atoms with van der Waals surface area (Å²) in [7, 11) is 0. The van der Waals surface area contributed by atoms with Gasteiger partial charge in [-0.3, -0.25) is 9.69 Å². The fourth-order valence-electron chi connectivity index (χ4n) is 4.56. The Morgan fingerprint density at radius 3 is 2.00 bits per heavy atom. The molecule has 34 heavy (non-hydrogen) atoms. The minimum Gasteiger partial charge on any atom is -0.363 e. The highest BCUT2D eigenvalue weighted by molar-refractivity contribution is 8.02. The monoisotopic (exact) mass is 472 g/mol. The fraction of sp³-hybridized carbons (Fsp3) is 0.286. The second-order valence-electron chi connectivity index (χ2n) is 8.75. The molecular formula is C28H28N2O3S. The molecule has 1 amide bonds. The van der Waals surface area contributed by atoms with Crippen molar-refractivity contribution in [3.05, 3.63) is 108 Å². The van der Waals surface area contributed by atoms with E-state index in [1.54, 1.807) is 0 Å². The van der Waals surface area contributed by atoms with Crippen LogP contribution in [0, 0.1) is 0 Å². The summed E-state index contributed by atoms with van der Waals surface area (Å²) in [5.74, 6) is -0.320. The summed E-state index contributed by atoms with van der Waals surface area (Å²) in [6.45, 7) is 0.243. The molecule has 1 aliphatic carbocycles. The molecule has 1 saturated heterocycles. The molecule has 1 heterocycles. The van der Waals surface area contributed by atoms with E-state index in [0.29, 0.717) is 11.1 Å². The van der Waals surface area contributed by atoms with Crippen LogP contribution in [0.15, 0.2) is 96.2 Å². The van der Waals surface area contributed by atoms with Crippen molar-refractivity contribution < 1.29 is 14.7 Å². The van der Waals surface area contributed by atoms with Gasteiger partial charge < -0.3 is 9.94 Å². The lowest BCUT2D eigenvalue weighted by atomic mass is 9.99. The van der Waals surface area contributed by atoms with Crippen LogP contribution < -0.4 is 0 Å². The molecule has 3 aromatic rings. The zero-order chi connectivity index (χ0) is 23.4.